The summed E-state index contributed by atoms with van der Waals surface area (Å²) in [5, 5.41) is 3.81. The predicted octanol–water partition coefficient (Wildman–Crippen LogP) is 1.12. The Balaban J connectivity index is 1.93. The standard InChI is InChI=1S/C12H19N3O3/c1-11(2,3)18-10(17)15-6-4-12(5-7-15)8-13-14-9(12)16/h8H,4-7H2,1-3H3,(H,14,16). The molecule has 0 saturated carbocycles. The van der Waals surface area contributed by atoms with Crippen molar-refractivity contribution in [2.24, 2.45) is 10.5 Å². The van der Waals surface area contributed by atoms with Crippen LogP contribution in [0.5, 0.6) is 0 Å². The van der Waals surface area contributed by atoms with Crippen LogP contribution >= 0.6 is 0 Å². The molecule has 0 atom stereocenters. The molecule has 0 aliphatic carbocycles. The number of hydrogen-bond acceptors (Lipinski definition) is 4. The molecule has 2 rings (SSSR count). The highest BCUT2D eigenvalue weighted by atomic mass is 16.6. The molecular weight excluding hydrogens is 234 g/mol. The van der Waals surface area contributed by atoms with E-state index in [2.05, 4.69) is 10.5 Å². The molecular formula is C12H19N3O3. The number of ether oxygens (including phenoxy) is 1. The third kappa shape index (κ3) is 2.47. The second-order valence-electron chi connectivity index (χ2n) is 5.82. The Hall–Kier alpha value is -1.59. The minimum atomic E-state index is -0.515. The van der Waals surface area contributed by atoms with E-state index < -0.39 is 11.0 Å². The van der Waals surface area contributed by atoms with Crippen LogP contribution in [0.1, 0.15) is 33.6 Å². The molecule has 6 nitrogen and oxygen atoms in total. The molecule has 2 amide bonds. The van der Waals surface area contributed by atoms with Crippen LogP contribution in [0.2, 0.25) is 0 Å². The molecule has 2 aliphatic heterocycles. The Labute approximate surface area is 106 Å². The summed E-state index contributed by atoms with van der Waals surface area (Å²) in [5.41, 5.74) is 1.46. The van der Waals surface area contributed by atoms with Gasteiger partial charge in [-0.05, 0) is 33.6 Å². The van der Waals surface area contributed by atoms with Crippen LogP contribution in [-0.4, -0.2) is 41.8 Å². The number of hydrogen-bond donors (Lipinski definition) is 1. The van der Waals surface area contributed by atoms with E-state index in [1.807, 2.05) is 20.8 Å². The number of amides is 2. The van der Waals surface area contributed by atoms with E-state index in [0.29, 0.717) is 25.9 Å². The van der Waals surface area contributed by atoms with Crippen molar-refractivity contribution in [2.75, 3.05) is 13.1 Å². The Kier molecular flexibility index (Phi) is 3.04. The van der Waals surface area contributed by atoms with Gasteiger partial charge in [-0.25, -0.2) is 10.2 Å². The first-order valence-electron chi connectivity index (χ1n) is 6.15. The minimum Gasteiger partial charge on any atom is -0.444 e. The van der Waals surface area contributed by atoms with Gasteiger partial charge >= 0.3 is 6.09 Å². The highest BCUT2D eigenvalue weighted by molar-refractivity contribution is 6.02. The molecule has 2 heterocycles. The number of nitrogens with zero attached hydrogens (tertiary/aromatic N) is 2. The Morgan fingerprint density at radius 2 is 2.06 bits per heavy atom. The predicted molar refractivity (Wildman–Crippen MR) is 66.1 cm³/mol. The molecule has 2 aliphatic rings. The molecule has 0 radical (unpaired) electrons. The number of carbonyl (C=O) groups is 2. The van der Waals surface area contributed by atoms with Crippen molar-refractivity contribution in [3.8, 4) is 0 Å². The van der Waals surface area contributed by atoms with Gasteiger partial charge in [0, 0.05) is 19.3 Å². The highest BCUT2D eigenvalue weighted by Gasteiger charge is 2.44. The summed E-state index contributed by atoms with van der Waals surface area (Å²) in [4.78, 5) is 25.2. The first-order valence-corrected chi connectivity index (χ1v) is 6.15. The van der Waals surface area contributed by atoms with Crippen molar-refractivity contribution in [2.45, 2.75) is 39.2 Å². The van der Waals surface area contributed by atoms with Crippen LogP contribution in [0.3, 0.4) is 0 Å². The number of carbonyl (C=O) groups excluding carboxylic acids is 2. The lowest BCUT2D eigenvalue weighted by molar-refractivity contribution is -0.128. The lowest BCUT2D eigenvalue weighted by Gasteiger charge is -2.36. The van der Waals surface area contributed by atoms with Gasteiger partial charge in [-0.3, -0.25) is 4.79 Å². The number of nitrogens with one attached hydrogen (secondary N) is 1. The number of piperidine rings is 1. The SMILES string of the molecule is CC(C)(C)OC(=O)N1CCC2(C=NNC2=O)CC1. The van der Waals surface area contributed by atoms with Crippen LogP contribution in [0.25, 0.3) is 0 Å². The fourth-order valence-corrected chi connectivity index (χ4v) is 2.16. The van der Waals surface area contributed by atoms with E-state index in [1.54, 1.807) is 11.1 Å². The molecule has 18 heavy (non-hydrogen) atoms. The van der Waals surface area contributed by atoms with Crippen molar-refractivity contribution in [1.29, 1.82) is 0 Å². The van der Waals surface area contributed by atoms with E-state index in [4.69, 9.17) is 4.74 Å². The Bertz CT molecular complexity index is 390. The summed E-state index contributed by atoms with van der Waals surface area (Å²) < 4.78 is 5.31. The lowest BCUT2D eigenvalue weighted by atomic mass is 9.79. The van der Waals surface area contributed by atoms with Crippen molar-refractivity contribution in [3.63, 3.8) is 0 Å². The third-order valence-corrected chi connectivity index (χ3v) is 3.24. The van der Waals surface area contributed by atoms with Gasteiger partial charge in [0.05, 0.1) is 5.41 Å². The van der Waals surface area contributed by atoms with E-state index in [0.717, 1.165) is 0 Å². The summed E-state index contributed by atoms with van der Waals surface area (Å²) in [7, 11) is 0. The average molecular weight is 253 g/mol. The molecule has 0 aromatic carbocycles. The van der Waals surface area contributed by atoms with Crippen LogP contribution in [0.4, 0.5) is 4.79 Å². The summed E-state index contributed by atoms with van der Waals surface area (Å²) >= 11 is 0. The van der Waals surface area contributed by atoms with Crippen molar-refractivity contribution in [3.05, 3.63) is 0 Å². The van der Waals surface area contributed by atoms with Gasteiger partial charge in [0.25, 0.3) is 5.91 Å². The number of likely N-dealkylation sites (tertiary alicyclic amines) is 1. The molecule has 100 valence electrons. The summed E-state index contributed by atoms with van der Waals surface area (Å²) in [6.07, 6.45) is 2.55. The maximum Gasteiger partial charge on any atom is 0.410 e. The normalized spacial score (nSPS) is 22.2. The largest absolute Gasteiger partial charge is 0.444 e. The molecule has 0 bridgehead atoms. The fraction of sp³-hybridized carbons (Fsp3) is 0.750. The van der Waals surface area contributed by atoms with Gasteiger partial charge in [-0.2, -0.15) is 5.10 Å². The van der Waals surface area contributed by atoms with Gasteiger partial charge in [0.1, 0.15) is 5.60 Å². The van der Waals surface area contributed by atoms with Gasteiger partial charge in [0.2, 0.25) is 0 Å². The zero-order valence-electron chi connectivity index (χ0n) is 11.0. The number of hydrazone groups is 1. The van der Waals surface area contributed by atoms with Crippen molar-refractivity contribution >= 4 is 18.2 Å². The maximum absolute atomic E-state index is 11.9. The first-order chi connectivity index (χ1) is 8.32. The van der Waals surface area contributed by atoms with Crippen molar-refractivity contribution in [1.82, 2.24) is 10.3 Å². The molecule has 0 aromatic heterocycles. The Morgan fingerprint density at radius 1 is 1.44 bits per heavy atom. The van der Waals surface area contributed by atoms with Crippen LogP contribution in [-0.2, 0) is 9.53 Å². The number of rotatable bonds is 0. The summed E-state index contributed by atoms with van der Waals surface area (Å²) in [6, 6.07) is 0. The molecule has 6 heteroatoms. The van der Waals surface area contributed by atoms with Gasteiger partial charge in [-0.1, -0.05) is 0 Å². The maximum atomic E-state index is 11.9. The van der Waals surface area contributed by atoms with E-state index >= 15 is 0 Å². The lowest BCUT2D eigenvalue weighted by Crippen LogP contribution is -2.48. The molecule has 0 aromatic rings. The van der Waals surface area contributed by atoms with E-state index in [-0.39, 0.29) is 12.0 Å². The zero-order valence-corrected chi connectivity index (χ0v) is 11.0. The van der Waals surface area contributed by atoms with Crippen LogP contribution < -0.4 is 5.43 Å². The van der Waals surface area contributed by atoms with E-state index in [1.165, 1.54) is 0 Å². The fourth-order valence-electron chi connectivity index (χ4n) is 2.16. The monoisotopic (exact) mass is 253 g/mol. The molecule has 0 unspecified atom stereocenters. The molecule has 1 N–H and O–H groups in total. The zero-order chi connectivity index (χ0) is 13.4. The van der Waals surface area contributed by atoms with Gasteiger partial charge < -0.3 is 9.64 Å². The topological polar surface area (TPSA) is 71.0 Å². The van der Waals surface area contributed by atoms with Crippen LogP contribution in [0, 0.1) is 5.41 Å². The quantitative estimate of drug-likeness (QED) is 0.703. The molecule has 1 fully saturated rings. The third-order valence-electron chi connectivity index (χ3n) is 3.24. The Morgan fingerprint density at radius 3 is 2.50 bits per heavy atom. The van der Waals surface area contributed by atoms with Gasteiger partial charge in [0.15, 0.2) is 0 Å². The second-order valence-corrected chi connectivity index (χ2v) is 5.82. The van der Waals surface area contributed by atoms with Gasteiger partial charge in [-0.15, -0.1) is 0 Å². The highest BCUT2D eigenvalue weighted by Crippen LogP contribution is 2.32. The minimum absolute atomic E-state index is 0.0636. The second kappa shape index (κ2) is 4.26. The molecule has 1 saturated heterocycles. The van der Waals surface area contributed by atoms with E-state index in [9.17, 15) is 9.59 Å². The summed E-state index contributed by atoms with van der Waals surface area (Å²) in [6.45, 7) is 6.57. The first kappa shape index (κ1) is 12.9. The summed E-state index contributed by atoms with van der Waals surface area (Å²) in [5.74, 6) is -0.0636. The van der Waals surface area contributed by atoms with Crippen LogP contribution in [0.15, 0.2) is 5.10 Å². The molecule has 1 spiro atoms. The van der Waals surface area contributed by atoms with Crippen molar-refractivity contribution < 1.29 is 14.3 Å². The smallest absolute Gasteiger partial charge is 0.410 e. The average Bonchev–Trinajstić information content (AvgIpc) is 2.59.